The standard InChI is InChI=1S/C15H12F5N/c16-13-4-5-14(17)11(7-13)9-21-8-10-2-1-3-12(6-10)15(18,19)20/h1-7,21H,8-9H2. The maximum absolute atomic E-state index is 13.4. The summed E-state index contributed by atoms with van der Waals surface area (Å²) < 4.78 is 63.9. The zero-order valence-electron chi connectivity index (χ0n) is 10.8. The highest BCUT2D eigenvalue weighted by molar-refractivity contribution is 5.26. The van der Waals surface area contributed by atoms with Crippen molar-refractivity contribution < 1.29 is 22.0 Å². The summed E-state index contributed by atoms with van der Waals surface area (Å²) in [7, 11) is 0. The van der Waals surface area contributed by atoms with E-state index in [9.17, 15) is 22.0 Å². The minimum absolute atomic E-state index is 0.0276. The van der Waals surface area contributed by atoms with Crippen molar-refractivity contribution in [1.82, 2.24) is 5.32 Å². The van der Waals surface area contributed by atoms with Crippen LogP contribution in [-0.2, 0) is 19.3 Å². The molecule has 0 spiro atoms. The molecule has 1 nitrogen and oxygen atoms in total. The highest BCUT2D eigenvalue weighted by Crippen LogP contribution is 2.29. The molecule has 21 heavy (non-hydrogen) atoms. The maximum Gasteiger partial charge on any atom is 0.416 e. The van der Waals surface area contributed by atoms with Gasteiger partial charge in [0.05, 0.1) is 5.56 Å². The third kappa shape index (κ3) is 4.26. The molecule has 0 saturated heterocycles. The lowest BCUT2D eigenvalue weighted by atomic mass is 10.1. The molecule has 0 unspecified atom stereocenters. The molecule has 112 valence electrons. The maximum atomic E-state index is 13.4. The van der Waals surface area contributed by atoms with Crippen molar-refractivity contribution in [2.75, 3.05) is 0 Å². The van der Waals surface area contributed by atoms with Crippen LogP contribution in [0.5, 0.6) is 0 Å². The molecule has 0 radical (unpaired) electrons. The average molecular weight is 301 g/mol. The van der Waals surface area contributed by atoms with E-state index in [-0.39, 0.29) is 18.7 Å². The SMILES string of the molecule is Fc1ccc(F)c(CNCc2cccc(C(F)(F)F)c2)c1. The van der Waals surface area contributed by atoms with Gasteiger partial charge in [0.2, 0.25) is 0 Å². The summed E-state index contributed by atoms with van der Waals surface area (Å²) in [5.41, 5.74) is -0.192. The number of hydrogen-bond donors (Lipinski definition) is 1. The van der Waals surface area contributed by atoms with E-state index in [0.717, 1.165) is 30.3 Å². The second kappa shape index (κ2) is 6.22. The van der Waals surface area contributed by atoms with Gasteiger partial charge in [0.25, 0.3) is 0 Å². The van der Waals surface area contributed by atoms with Crippen LogP contribution in [0.1, 0.15) is 16.7 Å². The first-order valence-corrected chi connectivity index (χ1v) is 6.17. The van der Waals surface area contributed by atoms with Crippen molar-refractivity contribution in [2.45, 2.75) is 19.3 Å². The molecule has 0 heterocycles. The Morgan fingerprint density at radius 1 is 0.905 bits per heavy atom. The smallest absolute Gasteiger partial charge is 0.309 e. The Labute approximate surface area is 118 Å². The van der Waals surface area contributed by atoms with Crippen LogP contribution in [0.3, 0.4) is 0 Å². The van der Waals surface area contributed by atoms with Gasteiger partial charge in [-0.1, -0.05) is 18.2 Å². The topological polar surface area (TPSA) is 12.0 Å². The van der Waals surface area contributed by atoms with Gasteiger partial charge in [-0.25, -0.2) is 8.78 Å². The van der Waals surface area contributed by atoms with Gasteiger partial charge >= 0.3 is 6.18 Å². The van der Waals surface area contributed by atoms with Crippen LogP contribution >= 0.6 is 0 Å². The minimum Gasteiger partial charge on any atom is -0.309 e. The first-order chi connectivity index (χ1) is 9.86. The quantitative estimate of drug-likeness (QED) is 0.831. The van der Waals surface area contributed by atoms with Crippen molar-refractivity contribution in [1.29, 1.82) is 0 Å². The average Bonchev–Trinajstić information content (AvgIpc) is 2.42. The highest BCUT2D eigenvalue weighted by atomic mass is 19.4. The molecule has 0 amide bonds. The Bertz CT molecular complexity index is 622. The fraction of sp³-hybridized carbons (Fsp3) is 0.200. The Morgan fingerprint density at radius 3 is 2.38 bits per heavy atom. The summed E-state index contributed by atoms with van der Waals surface area (Å²) in [5, 5.41) is 2.79. The van der Waals surface area contributed by atoms with Gasteiger partial charge in [-0.05, 0) is 29.8 Å². The van der Waals surface area contributed by atoms with Gasteiger partial charge in [-0.15, -0.1) is 0 Å². The highest BCUT2D eigenvalue weighted by Gasteiger charge is 2.30. The summed E-state index contributed by atoms with van der Waals surface area (Å²) in [4.78, 5) is 0. The molecule has 1 N–H and O–H groups in total. The van der Waals surface area contributed by atoms with Crippen LogP contribution < -0.4 is 5.32 Å². The first kappa shape index (κ1) is 15.4. The van der Waals surface area contributed by atoms with Crippen LogP contribution in [0.15, 0.2) is 42.5 Å². The Morgan fingerprint density at radius 2 is 1.67 bits per heavy atom. The first-order valence-electron chi connectivity index (χ1n) is 6.17. The van der Waals surface area contributed by atoms with Crippen molar-refractivity contribution in [3.63, 3.8) is 0 Å². The summed E-state index contributed by atoms with van der Waals surface area (Å²) in [6, 6.07) is 7.91. The van der Waals surface area contributed by atoms with Crippen molar-refractivity contribution in [2.24, 2.45) is 0 Å². The summed E-state index contributed by atoms with van der Waals surface area (Å²) in [6.45, 7) is 0.152. The third-order valence-corrected chi connectivity index (χ3v) is 2.91. The number of nitrogens with one attached hydrogen (secondary N) is 1. The van der Waals surface area contributed by atoms with Crippen LogP contribution in [-0.4, -0.2) is 0 Å². The van der Waals surface area contributed by atoms with E-state index in [4.69, 9.17) is 0 Å². The predicted octanol–water partition coefficient (Wildman–Crippen LogP) is 4.27. The zero-order chi connectivity index (χ0) is 15.5. The summed E-state index contributed by atoms with van der Waals surface area (Å²) in [6.07, 6.45) is -4.40. The van der Waals surface area contributed by atoms with Gasteiger partial charge in [-0.2, -0.15) is 13.2 Å². The third-order valence-electron chi connectivity index (χ3n) is 2.91. The van der Waals surface area contributed by atoms with Crippen molar-refractivity contribution in [3.8, 4) is 0 Å². The number of alkyl halides is 3. The second-order valence-corrected chi connectivity index (χ2v) is 4.54. The largest absolute Gasteiger partial charge is 0.416 e. The number of hydrogen-bond acceptors (Lipinski definition) is 1. The van der Waals surface area contributed by atoms with E-state index in [1.165, 1.54) is 12.1 Å². The van der Waals surface area contributed by atoms with Gasteiger partial charge in [0, 0.05) is 18.7 Å². The van der Waals surface area contributed by atoms with E-state index >= 15 is 0 Å². The molecule has 0 bridgehead atoms. The minimum atomic E-state index is -4.40. The predicted molar refractivity (Wildman–Crippen MR) is 68.3 cm³/mol. The molecule has 0 fully saturated rings. The van der Waals surface area contributed by atoms with Crippen molar-refractivity contribution in [3.05, 3.63) is 70.8 Å². The second-order valence-electron chi connectivity index (χ2n) is 4.54. The van der Waals surface area contributed by atoms with E-state index in [1.807, 2.05) is 0 Å². The molecule has 0 aromatic heterocycles. The Hall–Kier alpha value is -1.95. The molecule has 2 aromatic carbocycles. The molecular formula is C15H12F5N. The number of rotatable bonds is 4. The molecule has 0 saturated carbocycles. The molecule has 6 heteroatoms. The van der Waals surface area contributed by atoms with Crippen LogP contribution in [0.4, 0.5) is 22.0 Å². The van der Waals surface area contributed by atoms with Crippen LogP contribution in [0, 0.1) is 11.6 Å². The van der Waals surface area contributed by atoms with Crippen LogP contribution in [0.2, 0.25) is 0 Å². The van der Waals surface area contributed by atoms with Gasteiger partial charge in [-0.3, -0.25) is 0 Å². The number of halogens is 5. The fourth-order valence-electron chi connectivity index (χ4n) is 1.88. The lowest BCUT2D eigenvalue weighted by Gasteiger charge is -2.10. The lowest BCUT2D eigenvalue weighted by molar-refractivity contribution is -0.137. The monoisotopic (exact) mass is 301 g/mol. The molecule has 0 aliphatic heterocycles. The normalized spacial score (nSPS) is 11.7. The zero-order valence-corrected chi connectivity index (χ0v) is 10.8. The molecule has 0 atom stereocenters. The summed E-state index contributed by atoms with van der Waals surface area (Å²) in [5.74, 6) is -1.12. The van der Waals surface area contributed by atoms with Gasteiger partial charge in [0.15, 0.2) is 0 Å². The lowest BCUT2D eigenvalue weighted by Crippen LogP contribution is -2.15. The Balaban J connectivity index is 1.99. The van der Waals surface area contributed by atoms with Crippen LogP contribution in [0.25, 0.3) is 0 Å². The van der Waals surface area contributed by atoms with E-state index < -0.39 is 23.4 Å². The fourth-order valence-corrected chi connectivity index (χ4v) is 1.88. The van der Waals surface area contributed by atoms with E-state index in [2.05, 4.69) is 5.32 Å². The molecule has 2 rings (SSSR count). The molecule has 0 aliphatic carbocycles. The molecule has 0 aliphatic rings. The van der Waals surface area contributed by atoms with Gasteiger partial charge in [0.1, 0.15) is 11.6 Å². The van der Waals surface area contributed by atoms with Gasteiger partial charge < -0.3 is 5.32 Å². The Kier molecular flexibility index (Phi) is 4.57. The molecule has 2 aromatic rings. The number of benzene rings is 2. The van der Waals surface area contributed by atoms with Crippen molar-refractivity contribution >= 4 is 0 Å². The van der Waals surface area contributed by atoms with E-state index in [0.29, 0.717) is 5.56 Å². The molecular weight excluding hydrogens is 289 g/mol. The van der Waals surface area contributed by atoms with E-state index in [1.54, 1.807) is 0 Å². The summed E-state index contributed by atoms with van der Waals surface area (Å²) >= 11 is 0.